The number of rotatable bonds is 5. The summed E-state index contributed by atoms with van der Waals surface area (Å²) in [4.78, 5) is 2.51. The lowest BCUT2D eigenvalue weighted by Crippen LogP contribution is -2.25. The first-order chi connectivity index (χ1) is 11.4. The van der Waals surface area contributed by atoms with Crippen molar-refractivity contribution in [2.75, 3.05) is 19.5 Å². The van der Waals surface area contributed by atoms with Gasteiger partial charge in [-0.25, -0.2) is 0 Å². The van der Waals surface area contributed by atoms with Crippen LogP contribution in [-0.2, 0) is 0 Å². The van der Waals surface area contributed by atoms with Crippen molar-refractivity contribution < 1.29 is 9.47 Å². The molecule has 0 amide bonds. The third kappa shape index (κ3) is 4.46. The van der Waals surface area contributed by atoms with Crippen LogP contribution in [0.1, 0.15) is 22.2 Å². The number of nitrogens with zero attached hydrogens (tertiary/aromatic N) is 1. The third-order valence-electron chi connectivity index (χ3n) is 3.40. The zero-order valence-corrected chi connectivity index (χ0v) is 16.0. The number of thiocarbonyl (C=S) groups is 1. The summed E-state index contributed by atoms with van der Waals surface area (Å²) < 4.78 is 10.5. The summed E-state index contributed by atoms with van der Waals surface area (Å²) in [5.74, 6) is 1.30. The highest BCUT2D eigenvalue weighted by molar-refractivity contribution is 7.80. The molecule has 0 aliphatic carbocycles. The van der Waals surface area contributed by atoms with Crippen LogP contribution in [-0.4, -0.2) is 25.0 Å². The van der Waals surface area contributed by atoms with Crippen molar-refractivity contribution in [3.8, 4) is 11.5 Å². The van der Waals surface area contributed by atoms with E-state index >= 15 is 0 Å². The molecule has 1 heterocycles. The summed E-state index contributed by atoms with van der Waals surface area (Å²) in [6.07, 6.45) is 0. The number of hydrazone groups is 1. The van der Waals surface area contributed by atoms with Crippen molar-refractivity contribution >= 4 is 40.1 Å². The van der Waals surface area contributed by atoms with Gasteiger partial charge in [0.1, 0.15) is 0 Å². The maximum atomic E-state index is 5.28. The molecule has 0 fully saturated rings. The number of methoxy groups -OCH3 is 2. The molecule has 2 rings (SSSR count). The van der Waals surface area contributed by atoms with E-state index in [-0.39, 0.29) is 0 Å². The molecule has 0 bridgehead atoms. The second-order valence-corrected chi connectivity index (χ2v) is 7.03. The van der Waals surface area contributed by atoms with Gasteiger partial charge in [-0.05, 0) is 51.2 Å². The second-order valence-electron chi connectivity index (χ2n) is 5.16. The van der Waals surface area contributed by atoms with Crippen molar-refractivity contribution in [1.82, 2.24) is 5.43 Å². The summed E-state index contributed by atoms with van der Waals surface area (Å²) in [5.41, 5.74) is 5.70. The van der Waals surface area contributed by atoms with Gasteiger partial charge in [-0.1, -0.05) is 0 Å². The Kier molecular flexibility index (Phi) is 6.16. The Morgan fingerprint density at radius 3 is 2.42 bits per heavy atom. The molecule has 0 spiro atoms. The lowest BCUT2D eigenvalue weighted by Gasteiger charge is -2.11. The molecule has 0 radical (unpaired) electrons. The predicted molar refractivity (Wildman–Crippen MR) is 105 cm³/mol. The third-order valence-corrected chi connectivity index (χ3v) is 4.56. The van der Waals surface area contributed by atoms with Gasteiger partial charge in [0.25, 0.3) is 0 Å². The molecule has 1 aromatic carbocycles. The normalized spacial score (nSPS) is 11.1. The van der Waals surface area contributed by atoms with Gasteiger partial charge in [0.05, 0.1) is 19.9 Å². The van der Waals surface area contributed by atoms with Crippen LogP contribution in [0.5, 0.6) is 11.5 Å². The maximum Gasteiger partial charge on any atom is 0.191 e. The first-order valence-electron chi connectivity index (χ1n) is 7.35. The van der Waals surface area contributed by atoms with Gasteiger partial charge in [-0.3, -0.25) is 5.43 Å². The standard InChI is InChI=1S/C17H21N3O2S2/c1-10-8-14(12(3)24-10)11(2)19-20-17(23)18-13-6-7-15(21-4)16(9-13)22-5/h6-9H,1-5H3,(H2,18,20,23)/b19-11-. The van der Waals surface area contributed by atoms with Gasteiger partial charge >= 0.3 is 0 Å². The van der Waals surface area contributed by atoms with Crippen LogP contribution in [0.4, 0.5) is 5.69 Å². The Bertz CT molecular complexity index is 769. The Morgan fingerprint density at radius 2 is 1.83 bits per heavy atom. The average molecular weight is 364 g/mol. The van der Waals surface area contributed by atoms with Gasteiger partial charge in [-0.15, -0.1) is 11.3 Å². The van der Waals surface area contributed by atoms with E-state index in [1.165, 1.54) is 9.75 Å². The van der Waals surface area contributed by atoms with Crippen LogP contribution in [0.2, 0.25) is 0 Å². The lowest BCUT2D eigenvalue weighted by atomic mass is 10.2. The van der Waals surface area contributed by atoms with Crippen molar-refractivity contribution in [2.45, 2.75) is 20.8 Å². The van der Waals surface area contributed by atoms with E-state index in [9.17, 15) is 0 Å². The summed E-state index contributed by atoms with van der Waals surface area (Å²) >= 11 is 7.04. The van der Waals surface area contributed by atoms with Gasteiger partial charge in [0.2, 0.25) is 0 Å². The Balaban J connectivity index is 2.03. The number of hydrogen-bond acceptors (Lipinski definition) is 5. The number of ether oxygens (including phenoxy) is 2. The van der Waals surface area contributed by atoms with Gasteiger partial charge in [0, 0.05) is 27.1 Å². The predicted octanol–water partition coefficient (Wildman–Crippen LogP) is 4.09. The van der Waals surface area contributed by atoms with Gasteiger partial charge in [0.15, 0.2) is 16.6 Å². The molecular formula is C17H21N3O2S2. The van der Waals surface area contributed by atoms with E-state index in [1.807, 2.05) is 25.1 Å². The van der Waals surface area contributed by atoms with E-state index in [2.05, 4.69) is 35.8 Å². The summed E-state index contributed by atoms with van der Waals surface area (Å²) in [6.45, 7) is 6.14. The fourth-order valence-electron chi connectivity index (χ4n) is 2.26. The molecule has 7 heteroatoms. The topological polar surface area (TPSA) is 54.9 Å². The van der Waals surface area contributed by atoms with Crippen molar-refractivity contribution in [3.05, 3.63) is 39.6 Å². The van der Waals surface area contributed by atoms with Crippen LogP contribution in [0.25, 0.3) is 0 Å². The average Bonchev–Trinajstić information content (AvgIpc) is 2.91. The first-order valence-corrected chi connectivity index (χ1v) is 8.57. The van der Waals surface area contributed by atoms with Crippen molar-refractivity contribution in [1.29, 1.82) is 0 Å². The molecular weight excluding hydrogens is 342 g/mol. The maximum absolute atomic E-state index is 5.28. The second kappa shape index (κ2) is 8.12. The summed E-state index contributed by atoms with van der Waals surface area (Å²) in [7, 11) is 3.19. The molecule has 2 aromatic rings. The van der Waals surface area contributed by atoms with Crippen molar-refractivity contribution in [3.63, 3.8) is 0 Å². The first kappa shape index (κ1) is 18.2. The molecule has 1 aromatic heterocycles. The van der Waals surface area contributed by atoms with Crippen molar-refractivity contribution in [2.24, 2.45) is 5.10 Å². The minimum atomic E-state index is 0.408. The molecule has 128 valence electrons. The van der Waals surface area contributed by atoms with E-state index in [0.717, 1.165) is 17.0 Å². The molecule has 0 aliphatic heterocycles. The largest absolute Gasteiger partial charge is 0.493 e. The quantitative estimate of drug-likeness (QED) is 0.476. The fraction of sp³-hybridized carbons (Fsp3) is 0.294. The summed E-state index contributed by atoms with van der Waals surface area (Å²) in [5, 5.41) is 7.84. The minimum Gasteiger partial charge on any atom is -0.493 e. The SMILES string of the molecule is COc1ccc(NC(=S)N/N=C(/C)c2cc(C)sc2C)cc1OC. The van der Waals surface area contributed by atoms with Crippen LogP contribution in [0.15, 0.2) is 29.4 Å². The number of anilines is 1. The summed E-state index contributed by atoms with van der Waals surface area (Å²) in [6, 6.07) is 7.62. The molecule has 0 unspecified atom stereocenters. The van der Waals surface area contributed by atoms with Crippen LogP contribution >= 0.6 is 23.6 Å². The fourth-order valence-corrected chi connectivity index (χ4v) is 3.40. The number of nitrogens with one attached hydrogen (secondary N) is 2. The molecule has 0 aliphatic rings. The highest BCUT2D eigenvalue weighted by Gasteiger charge is 2.07. The smallest absolute Gasteiger partial charge is 0.191 e. The van der Waals surface area contributed by atoms with E-state index < -0.39 is 0 Å². The Morgan fingerprint density at radius 1 is 1.12 bits per heavy atom. The monoisotopic (exact) mass is 363 g/mol. The highest BCUT2D eigenvalue weighted by atomic mass is 32.1. The number of benzene rings is 1. The Hall–Kier alpha value is -2.12. The zero-order valence-electron chi connectivity index (χ0n) is 14.4. The number of thiophene rings is 1. The highest BCUT2D eigenvalue weighted by Crippen LogP contribution is 2.29. The van der Waals surface area contributed by atoms with E-state index in [4.69, 9.17) is 21.7 Å². The van der Waals surface area contributed by atoms with Gasteiger partial charge in [-0.2, -0.15) is 5.10 Å². The van der Waals surface area contributed by atoms with Crippen LogP contribution in [0.3, 0.4) is 0 Å². The molecule has 2 N–H and O–H groups in total. The van der Waals surface area contributed by atoms with E-state index in [1.54, 1.807) is 25.6 Å². The molecule has 0 saturated heterocycles. The minimum absolute atomic E-state index is 0.408. The molecule has 0 atom stereocenters. The lowest BCUT2D eigenvalue weighted by molar-refractivity contribution is 0.355. The van der Waals surface area contributed by atoms with Gasteiger partial charge < -0.3 is 14.8 Å². The molecule has 24 heavy (non-hydrogen) atoms. The number of hydrogen-bond donors (Lipinski definition) is 2. The van der Waals surface area contributed by atoms with Crippen LogP contribution < -0.4 is 20.2 Å². The molecule has 5 nitrogen and oxygen atoms in total. The zero-order chi connectivity index (χ0) is 17.7. The van der Waals surface area contributed by atoms with E-state index in [0.29, 0.717) is 16.6 Å². The van der Waals surface area contributed by atoms with Crippen LogP contribution in [0, 0.1) is 13.8 Å². The number of aryl methyl sites for hydroxylation is 2. The Labute approximate surface area is 151 Å². The molecule has 0 saturated carbocycles.